The second kappa shape index (κ2) is 9.01. The van der Waals surface area contributed by atoms with Gasteiger partial charge in [0, 0.05) is 13.5 Å². The van der Waals surface area contributed by atoms with Gasteiger partial charge in [-0.05, 0) is 36.2 Å². The van der Waals surface area contributed by atoms with Gasteiger partial charge < -0.3 is 14.4 Å². The molecule has 2 aromatic carbocycles. The minimum absolute atomic E-state index is 0.0895. The van der Waals surface area contributed by atoms with Crippen LogP contribution in [-0.2, 0) is 11.2 Å². The van der Waals surface area contributed by atoms with E-state index < -0.39 is 11.6 Å². The molecule has 0 saturated heterocycles. The van der Waals surface area contributed by atoms with Gasteiger partial charge in [0.1, 0.15) is 6.61 Å². The number of carbonyl (C=O) groups excluding carboxylic acids is 1. The van der Waals surface area contributed by atoms with Crippen molar-refractivity contribution < 1.29 is 23.0 Å². The molecule has 0 N–H and O–H groups in total. The van der Waals surface area contributed by atoms with Gasteiger partial charge in [-0.25, -0.2) is 8.78 Å². The molecule has 0 spiro atoms. The van der Waals surface area contributed by atoms with Crippen LogP contribution in [0, 0.1) is 11.6 Å². The summed E-state index contributed by atoms with van der Waals surface area (Å²) < 4.78 is 37.2. The van der Waals surface area contributed by atoms with E-state index in [4.69, 9.17) is 9.47 Å². The zero-order valence-corrected chi connectivity index (χ0v) is 14.3. The number of hydrogen-bond acceptors (Lipinski definition) is 3. The first-order chi connectivity index (χ1) is 12.0. The highest BCUT2D eigenvalue weighted by molar-refractivity contribution is 5.76. The maximum atomic E-state index is 13.6. The molecule has 2 aromatic rings. The molecule has 0 heterocycles. The van der Waals surface area contributed by atoms with Gasteiger partial charge in [-0.2, -0.15) is 0 Å². The highest BCUT2D eigenvalue weighted by Crippen LogP contribution is 2.19. The molecule has 0 fully saturated rings. The molecule has 25 heavy (non-hydrogen) atoms. The van der Waals surface area contributed by atoms with Crippen LogP contribution in [0.2, 0.25) is 0 Å². The highest BCUT2D eigenvalue weighted by atomic mass is 19.1. The first-order valence-corrected chi connectivity index (χ1v) is 7.95. The Morgan fingerprint density at radius 2 is 1.84 bits per heavy atom. The average Bonchev–Trinajstić information content (AvgIpc) is 2.61. The maximum Gasteiger partial charge on any atom is 0.222 e. The Labute approximate surface area is 146 Å². The summed E-state index contributed by atoms with van der Waals surface area (Å²) in [6.45, 7) is 0.532. The van der Waals surface area contributed by atoms with Crippen LogP contribution in [0.1, 0.15) is 12.0 Å². The minimum Gasteiger partial charge on any atom is -0.494 e. The molecule has 0 saturated carbocycles. The lowest BCUT2D eigenvalue weighted by Gasteiger charge is -2.17. The molecular formula is C19H21F2NO3. The summed E-state index contributed by atoms with van der Waals surface area (Å²) in [5, 5.41) is 0. The van der Waals surface area contributed by atoms with Crippen LogP contribution < -0.4 is 9.47 Å². The SMILES string of the molecule is COc1ccc(CCC(=O)N(C)CCOc2ccccc2F)cc1F. The second-order valence-corrected chi connectivity index (χ2v) is 5.56. The molecular weight excluding hydrogens is 328 g/mol. The fourth-order valence-electron chi connectivity index (χ4n) is 2.29. The molecule has 4 nitrogen and oxygen atoms in total. The van der Waals surface area contributed by atoms with Crippen LogP contribution in [0.5, 0.6) is 11.5 Å². The fourth-order valence-corrected chi connectivity index (χ4v) is 2.29. The van der Waals surface area contributed by atoms with Gasteiger partial charge in [0.05, 0.1) is 13.7 Å². The van der Waals surface area contributed by atoms with Crippen molar-refractivity contribution in [2.45, 2.75) is 12.8 Å². The zero-order valence-electron chi connectivity index (χ0n) is 14.3. The minimum atomic E-state index is -0.445. The number of aryl methyl sites for hydroxylation is 1. The van der Waals surface area contributed by atoms with Crippen molar-refractivity contribution in [3.63, 3.8) is 0 Å². The van der Waals surface area contributed by atoms with Gasteiger partial charge >= 0.3 is 0 Å². The lowest BCUT2D eigenvalue weighted by atomic mass is 10.1. The van der Waals surface area contributed by atoms with E-state index in [1.54, 1.807) is 31.3 Å². The average molecular weight is 349 g/mol. The zero-order chi connectivity index (χ0) is 18.2. The number of hydrogen-bond donors (Lipinski definition) is 0. The van der Waals surface area contributed by atoms with Gasteiger partial charge in [0.15, 0.2) is 23.1 Å². The van der Waals surface area contributed by atoms with E-state index >= 15 is 0 Å². The van der Waals surface area contributed by atoms with E-state index in [1.807, 2.05) is 0 Å². The van der Waals surface area contributed by atoms with Crippen LogP contribution in [0.15, 0.2) is 42.5 Å². The molecule has 0 aliphatic heterocycles. The molecule has 0 atom stereocenters. The fraction of sp³-hybridized carbons (Fsp3) is 0.316. The number of amides is 1. The number of nitrogens with zero attached hydrogens (tertiary/aromatic N) is 1. The Kier molecular flexibility index (Phi) is 6.74. The van der Waals surface area contributed by atoms with Gasteiger partial charge in [-0.3, -0.25) is 4.79 Å². The summed E-state index contributed by atoms with van der Waals surface area (Å²) in [5.74, 6) is -0.625. The maximum absolute atomic E-state index is 13.6. The third-order valence-electron chi connectivity index (χ3n) is 3.79. The Morgan fingerprint density at radius 3 is 2.52 bits per heavy atom. The number of halogens is 2. The number of likely N-dealkylation sites (N-methyl/N-ethyl adjacent to an activating group) is 1. The third kappa shape index (κ3) is 5.45. The van der Waals surface area contributed by atoms with E-state index in [0.29, 0.717) is 13.0 Å². The molecule has 1 amide bonds. The molecule has 134 valence electrons. The normalized spacial score (nSPS) is 10.4. The molecule has 2 rings (SSSR count). The molecule has 0 aliphatic rings. The van der Waals surface area contributed by atoms with E-state index in [1.165, 1.54) is 30.2 Å². The summed E-state index contributed by atoms with van der Waals surface area (Å²) in [5.41, 5.74) is 0.725. The van der Waals surface area contributed by atoms with Crippen molar-refractivity contribution in [3.05, 3.63) is 59.7 Å². The van der Waals surface area contributed by atoms with Crippen LogP contribution in [0.3, 0.4) is 0 Å². The topological polar surface area (TPSA) is 38.8 Å². The van der Waals surface area contributed by atoms with Crippen molar-refractivity contribution in [2.24, 2.45) is 0 Å². The predicted molar refractivity (Wildman–Crippen MR) is 90.8 cm³/mol. The number of ether oxygens (including phenoxy) is 2. The van der Waals surface area contributed by atoms with Gasteiger partial charge in [0.25, 0.3) is 0 Å². The smallest absolute Gasteiger partial charge is 0.222 e. The largest absolute Gasteiger partial charge is 0.494 e. The van der Waals surface area contributed by atoms with Gasteiger partial charge in [-0.15, -0.1) is 0 Å². The molecule has 0 bridgehead atoms. The Hall–Kier alpha value is -2.63. The highest BCUT2D eigenvalue weighted by Gasteiger charge is 2.11. The van der Waals surface area contributed by atoms with Crippen LogP contribution in [0.4, 0.5) is 8.78 Å². The predicted octanol–water partition coefficient (Wildman–Crippen LogP) is 3.44. The quantitative estimate of drug-likeness (QED) is 0.733. The van der Waals surface area contributed by atoms with Crippen molar-refractivity contribution >= 4 is 5.91 Å². The monoisotopic (exact) mass is 349 g/mol. The Morgan fingerprint density at radius 1 is 1.08 bits per heavy atom. The Balaban J connectivity index is 1.76. The van der Waals surface area contributed by atoms with Crippen molar-refractivity contribution in [1.29, 1.82) is 0 Å². The summed E-state index contributed by atoms with van der Waals surface area (Å²) in [4.78, 5) is 13.6. The second-order valence-electron chi connectivity index (χ2n) is 5.56. The molecule has 6 heteroatoms. The van der Waals surface area contributed by atoms with E-state index in [-0.39, 0.29) is 30.4 Å². The lowest BCUT2D eigenvalue weighted by molar-refractivity contribution is -0.130. The number of benzene rings is 2. The van der Waals surface area contributed by atoms with E-state index in [9.17, 15) is 13.6 Å². The molecule has 0 unspecified atom stereocenters. The molecule has 0 aromatic heterocycles. The van der Waals surface area contributed by atoms with E-state index in [2.05, 4.69) is 0 Å². The van der Waals surface area contributed by atoms with Crippen molar-refractivity contribution in [1.82, 2.24) is 4.90 Å². The summed E-state index contributed by atoms with van der Waals surface area (Å²) in [6.07, 6.45) is 0.681. The van der Waals surface area contributed by atoms with Crippen LogP contribution in [-0.4, -0.2) is 38.1 Å². The van der Waals surface area contributed by atoms with Gasteiger partial charge in [0.2, 0.25) is 5.91 Å². The standard InChI is InChI=1S/C19H21F2NO3/c1-22(11-12-25-18-6-4-3-5-15(18)20)19(23)10-8-14-7-9-17(24-2)16(21)13-14/h3-7,9,13H,8,10-12H2,1-2H3. The Bertz CT molecular complexity index is 722. The first-order valence-electron chi connectivity index (χ1n) is 7.95. The number of rotatable bonds is 8. The van der Waals surface area contributed by atoms with Crippen LogP contribution in [0.25, 0.3) is 0 Å². The third-order valence-corrected chi connectivity index (χ3v) is 3.79. The van der Waals surface area contributed by atoms with Crippen LogP contribution >= 0.6 is 0 Å². The number of methoxy groups -OCH3 is 1. The number of carbonyl (C=O) groups is 1. The molecule has 0 radical (unpaired) electrons. The first kappa shape index (κ1) is 18.7. The van der Waals surface area contributed by atoms with Crippen molar-refractivity contribution in [3.8, 4) is 11.5 Å². The lowest BCUT2D eigenvalue weighted by Crippen LogP contribution is -2.31. The van der Waals surface area contributed by atoms with E-state index in [0.717, 1.165) is 5.56 Å². The summed E-state index contributed by atoms with van der Waals surface area (Å²) in [7, 11) is 3.06. The summed E-state index contributed by atoms with van der Waals surface area (Å²) >= 11 is 0. The molecule has 0 aliphatic carbocycles. The number of para-hydroxylation sites is 1. The summed E-state index contributed by atoms with van der Waals surface area (Å²) in [6, 6.07) is 10.8. The van der Waals surface area contributed by atoms with Gasteiger partial charge in [-0.1, -0.05) is 18.2 Å². The van der Waals surface area contributed by atoms with Crippen molar-refractivity contribution in [2.75, 3.05) is 27.3 Å².